The van der Waals surface area contributed by atoms with Crippen LogP contribution in [0, 0.1) is 5.92 Å². The summed E-state index contributed by atoms with van der Waals surface area (Å²) in [6.45, 7) is 4.29. The molecule has 3 atom stereocenters. The SMILES string of the molecule is C[C@@H]1CN(C(=O)CN(C)C(=O)OCc2ccccc2)[C@H]2c3c(c(O)n(C)c3O)O[C@@]2(C)C1. The predicted octanol–water partition coefficient (Wildman–Crippen LogP) is 2.77. The Bertz CT molecular complexity index is 1040. The number of likely N-dealkylation sites (tertiary alicyclic amines) is 1. The molecule has 172 valence electrons. The highest BCUT2D eigenvalue weighted by Gasteiger charge is 2.56. The van der Waals surface area contributed by atoms with E-state index in [-0.39, 0.29) is 42.5 Å². The van der Waals surface area contributed by atoms with E-state index >= 15 is 0 Å². The van der Waals surface area contributed by atoms with Crippen molar-refractivity contribution in [2.75, 3.05) is 20.1 Å². The van der Waals surface area contributed by atoms with E-state index in [9.17, 15) is 19.8 Å². The Morgan fingerprint density at radius 1 is 1.25 bits per heavy atom. The number of fused-ring (bicyclic) bond motifs is 3. The van der Waals surface area contributed by atoms with E-state index in [1.807, 2.05) is 44.2 Å². The van der Waals surface area contributed by atoms with Crippen molar-refractivity contribution in [3.8, 4) is 17.5 Å². The van der Waals surface area contributed by atoms with Crippen LogP contribution in [0.25, 0.3) is 0 Å². The van der Waals surface area contributed by atoms with Crippen molar-refractivity contribution in [3.05, 3.63) is 41.5 Å². The number of aromatic nitrogens is 1. The molecule has 2 aliphatic rings. The number of hydrogen-bond donors (Lipinski definition) is 2. The van der Waals surface area contributed by atoms with Gasteiger partial charge in [-0.3, -0.25) is 9.36 Å². The zero-order chi connectivity index (χ0) is 23.2. The molecule has 0 radical (unpaired) electrons. The summed E-state index contributed by atoms with van der Waals surface area (Å²) in [4.78, 5) is 28.6. The number of carbonyl (C=O) groups excluding carboxylic acids is 2. The highest BCUT2D eigenvalue weighted by Crippen LogP contribution is 2.58. The second-order valence-electron chi connectivity index (χ2n) is 9.02. The van der Waals surface area contributed by atoms with Gasteiger partial charge in [0.1, 0.15) is 24.8 Å². The molecule has 0 saturated carbocycles. The molecule has 1 aromatic carbocycles. The first-order valence-electron chi connectivity index (χ1n) is 10.6. The smallest absolute Gasteiger partial charge is 0.410 e. The summed E-state index contributed by atoms with van der Waals surface area (Å²) >= 11 is 0. The van der Waals surface area contributed by atoms with Crippen LogP contribution in [-0.2, 0) is 23.2 Å². The standard InChI is InChI=1S/C23H29N3O6/c1-14-10-23(2)19(17-18(32-23)21(29)25(4)20(17)28)26(11-14)16(27)12-24(3)22(30)31-13-15-8-6-5-7-9-15/h5-9,14,19,28-29H,10-13H2,1-4H3/t14-,19-,23-/m0/s1. The molecule has 1 saturated heterocycles. The first kappa shape index (κ1) is 21.9. The zero-order valence-corrected chi connectivity index (χ0v) is 18.7. The third-order valence-electron chi connectivity index (χ3n) is 6.29. The lowest BCUT2D eigenvalue weighted by Crippen LogP contribution is -2.55. The largest absolute Gasteiger partial charge is 0.494 e. The van der Waals surface area contributed by atoms with Gasteiger partial charge in [-0.05, 0) is 24.8 Å². The van der Waals surface area contributed by atoms with Gasteiger partial charge in [0, 0.05) is 20.6 Å². The number of hydrogen-bond acceptors (Lipinski definition) is 6. The van der Waals surface area contributed by atoms with Gasteiger partial charge in [0.2, 0.25) is 17.7 Å². The highest BCUT2D eigenvalue weighted by atomic mass is 16.6. The summed E-state index contributed by atoms with van der Waals surface area (Å²) in [7, 11) is 3.04. The Hall–Kier alpha value is -3.36. The molecular formula is C23H29N3O6. The fourth-order valence-electron chi connectivity index (χ4n) is 4.87. The monoisotopic (exact) mass is 443 g/mol. The first-order valence-corrected chi connectivity index (χ1v) is 10.6. The molecule has 0 spiro atoms. The Morgan fingerprint density at radius 3 is 2.62 bits per heavy atom. The van der Waals surface area contributed by atoms with Crippen molar-refractivity contribution in [2.24, 2.45) is 13.0 Å². The van der Waals surface area contributed by atoms with E-state index < -0.39 is 17.7 Å². The molecule has 9 nitrogen and oxygen atoms in total. The molecule has 9 heteroatoms. The predicted molar refractivity (Wildman–Crippen MR) is 115 cm³/mol. The number of amides is 2. The van der Waals surface area contributed by atoms with Crippen molar-refractivity contribution < 1.29 is 29.3 Å². The molecule has 0 unspecified atom stereocenters. The summed E-state index contributed by atoms with van der Waals surface area (Å²) in [6.07, 6.45) is 0.0619. The maximum atomic E-state index is 13.3. The van der Waals surface area contributed by atoms with Crippen LogP contribution >= 0.6 is 0 Å². The Morgan fingerprint density at radius 2 is 1.94 bits per heavy atom. The van der Waals surface area contributed by atoms with E-state index in [4.69, 9.17) is 9.47 Å². The van der Waals surface area contributed by atoms with Gasteiger partial charge in [0.25, 0.3) is 0 Å². The number of nitrogens with zero attached hydrogens (tertiary/aromatic N) is 3. The maximum absolute atomic E-state index is 13.3. The van der Waals surface area contributed by atoms with Gasteiger partial charge in [0.15, 0.2) is 5.75 Å². The van der Waals surface area contributed by atoms with Gasteiger partial charge in [-0.1, -0.05) is 37.3 Å². The highest BCUT2D eigenvalue weighted by molar-refractivity contribution is 5.83. The molecular weight excluding hydrogens is 414 g/mol. The number of likely N-dealkylation sites (N-methyl/N-ethyl adjacent to an activating group) is 1. The lowest BCUT2D eigenvalue weighted by molar-refractivity contribution is -0.144. The van der Waals surface area contributed by atoms with Gasteiger partial charge >= 0.3 is 6.09 Å². The fraction of sp³-hybridized carbons (Fsp3) is 0.478. The van der Waals surface area contributed by atoms with E-state index in [0.29, 0.717) is 18.5 Å². The second kappa shape index (κ2) is 7.96. The van der Waals surface area contributed by atoms with Crippen LogP contribution < -0.4 is 4.74 Å². The lowest BCUT2D eigenvalue weighted by atomic mass is 9.79. The van der Waals surface area contributed by atoms with Crippen molar-refractivity contribution in [2.45, 2.75) is 38.5 Å². The molecule has 2 amide bonds. The minimum Gasteiger partial charge on any atom is -0.494 e. The number of aromatic hydroxyl groups is 2. The number of ether oxygens (including phenoxy) is 2. The molecule has 4 rings (SSSR count). The third-order valence-corrected chi connectivity index (χ3v) is 6.29. The average Bonchev–Trinajstić information content (AvgIpc) is 3.17. The van der Waals surface area contributed by atoms with Crippen LogP contribution in [0.3, 0.4) is 0 Å². The maximum Gasteiger partial charge on any atom is 0.410 e. The first-order chi connectivity index (χ1) is 15.1. The molecule has 2 N–H and O–H groups in total. The Balaban J connectivity index is 1.50. The fourth-order valence-corrected chi connectivity index (χ4v) is 4.87. The van der Waals surface area contributed by atoms with E-state index in [1.54, 1.807) is 4.90 Å². The van der Waals surface area contributed by atoms with Crippen LogP contribution in [0.1, 0.15) is 37.4 Å². The summed E-state index contributed by atoms with van der Waals surface area (Å²) < 4.78 is 12.6. The molecule has 1 aromatic heterocycles. The lowest BCUT2D eigenvalue weighted by Gasteiger charge is -2.46. The minimum absolute atomic E-state index is 0.119. The summed E-state index contributed by atoms with van der Waals surface area (Å²) in [6, 6.07) is 8.74. The van der Waals surface area contributed by atoms with Crippen LogP contribution in [0.2, 0.25) is 0 Å². The van der Waals surface area contributed by atoms with E-state index in [0.717, 1.165) is 5.56 Å². The van der Waals surface area contributed by atoms with Gasteiger partial charge in [-0.25, -0.2) is 4.79 Å². The van der Waals surface area contributed by atoms with Crippen molar-refractivity contribution in [3.63, 3.8) is 0 Å². The number of benzene rings is 1. The van der Waals surface area contributed by atoms with Gasteiger partial charge in [-0.2, -0.15) is 0 Å². The number of carbonyl (C=O) groups is 2. The van der Waals surface area contributed by atoms with Gasteiger partial charge < -0.3 is 29.5 Å². The second-order valence-corrected chi connectivity index (χ2v) is 9.02. The van der Waals surface area contributed by atoms with Gasteiger partial charge in [0.05, 0.1) is 5.56 Å². The van der Waals surface area contributed by atoms with Crippen molar-refractivity contribution in [1.29, 1.82) is 0 Å². The van der Waals surface area contributed by atoms with Crippen LogP contribution in [-0.4, -0.2) is 62.3 Å². The number of rotatable bonds is 4. The van der Waals surface area contributed by atoms with Crippen LogP contribution in [0.4, 0.5) is 4.79 Å². The normalized spacial score (nSPS) is 23.8. The van der Waals surface area contributed by atoms with Gasteiger partial charge in [-0.15, -0.1) is 0 Å². The molecule has 32 heavy (non-hydrogen) atoms. The quantitative estimate of drug-likeness (QED) is 0.753. The molecule has 3 heterocycles. The molecule has 0 bridgehead atoms. The third kappa shape index (κ3) is 3.61. The molecule has 2 aliphatic heterocycles. The van der Waals surface area contributed by atoms with Crippen molar-refractivity contribution in [1.82, 2.24) is 14.4 Å². The molecule has 0 aliphatic carbocycles. The molecule has 1 fully saturated rings. The van der Waals surface area contributed by atoms with E-state index in [2.05, 4.69) is 0 Å². The zero-order valence-electron chi connectivity index (χ0n) is 18.7. The Labute approximate surface area is 186 Å². The summed E-state index contributed by atoms with van der Waals surface area (Å²) in [5.74, 6) is -0.243. The topological polar surface area (TPSA) is 104 Å². The summed E-state index contributed by atoms with van der Waals surface area (Å²) in [5, 5.41) is 21.0. The van der Waals surface area contributed by atoms with Crippen molar-refractivity contribution >= 4 is 12.0 Å². The van der Waals surface area contributed by atoms with Crippen LogP contribution in [0.5, 0.6) is 17.5 Å². The Kier molecular flexibility index (Phi) is 5.44. The number of piperidine rings is 1. The van der Waals surface area contributed by atoms with E-state index in [1.165, 1.54) is 23.6 Å². The average molecular weight is 444 g/mol. The van der Waals surface area contributed by atoms with Crippen LogP contribution in [0.15, 0.2) is 30.3 Å². The molecule has 2 aromatic rings. The summed E-state index contributed by atoms with van der Waals surface area (Å²) in [5.41, 5.74) is 0.478. The minimum atomic E-state index is -0.784.